The van der Waals surface area contributed by atoms with Crippen molar-refractivity contribution in [2.24, 2.45) is 0 Å². The van der Waals surface area contributed by atoms with Crippen molar-refractivity contribution >= 4 is 22.1 Å². The van der Waals surface area contributed by atoms with Crippen molar-refractivity contribution in [3.63, 3.8) is 0 Å². The van der Waals surface area contributed by atoms with E-state index in [4.69, 9.17) is 37.0 Å². The van der Waals surface area contributed by atoms with Crippen molar-refractivity contribution in [3.05, 3.63) is 32.6 Å². The number of ether oxygens (including phenoxy) is 4. The number of esters is 1. The van der Waals surface area contributed by atoms with Gasteiger partial charge in [0, 0.05) is 45.3 Å². The summed E-state index contributed by atoms with van der Waals surface area (Å²) in [7, 11) is -4.35. The lowest BCUT2D eigenvalue weighted by molar-refractivity contribution is -0.145. The maximum atomic E-state index is 14.0. The molecular weight excluding hydrogens is 658 g/mol. The summed E-state index contributed by atoms with van der Waals surface area (Å²) in [5, 5.41) is 9.20. The van der Waals surface area contributed by atoms with Gasteiger partial charge in [0.25, 0.3) is 14.1 Å². The third-order valence-corrected chi connectivity index (χ3v) is 10.8. The third kappa shape index (κ3) is 12.1. The molecule has 16 nitrogen and oxygen atoms in total. The second kappa shape index (κ2) is 21.1. The van der Waals surface area contributed by atoms with E-state index in [1.165, 1.54) is 24.8 Å². The van der Waals surface area contributed by atoms with E-state index in [9.17, 15) is 24.2 Å². The minimum atomic E-state index is -4.05. The number of methoxy groups -OCH3 is 1. The van der Waals surface area contributed by atoms with Crippen LogP contribution in [0.2, 0.25) is 0 Å². The van der Waals surface area contributed by atoms with Crippen LogP contribution in [0.4, 0.5) is 0 Å². The summed E-state index contributed by atoms with van der Waals surface area (Å²) in [5.41, 5.74) is -1.06. The van der Waals surface area contributed by atoms with E-state index >= 15 is 0 Å². The summed E-state index contributed by atoms with van der Waals surface area (Å²) in [5.74, 6) is -2.13. The highest BCUT2D eigenvalue weighted by Gasteiger charge is 2.53. The molecule has 0 bridgehead atoms. The number of hydrogen-bond acceptors (Lipinski definition) is 14. The Hall–Kier alpha value is -2.02. The van der Waals surface area contributed by atoms with Crippen LogP contribution in [0, 0.1) is 18.3 Å². The molecule has 0 aromatic carbocycles. The fourth-order valence-electron chi connectivity index (χ4n) is 4.91. The zero-order chi connectivity index (χ0) is 35.0. The number of carbonyl (C=O) groups excluding carboxylic acids is 1. The monoisotopic (exact) mass is 708 g/mol. The number of aromatic nitrogens is 2. The summed E-state index contributed by atoms with van der Waals surface area (Å²) in [6.07, 6.45) is -1.35. The highest BCUT2D eigenvalue weighted by molar-refractivity contribution is 7.54. The van der Waals surface area contributed by atoms with Crippen molar-refractivity contribution in [2.75, 3.05) is 53.2 Å². The van der Waals surface area contributed by atoms with Crippen molar-refractivity contribution in [2.45, 2.75) is 97.6 Å². The van der Waals surface area contributed by atoms with Crippen molar-refractivity contribution < 1.29 is 46.4 Å². The second-order valence-corrected chi connectivity index (χ2v) is 14.2. The van der Waals surface area contributed by atoms with Crippen LogP contribution in [0.15, 0.2) is 15.8 Å². The molecule has 1 fully saturated rings. The number of aryl methyl sites for hydroxylation is 1. The molecule has 268 valence electrons. The van der Waals surface area contributed by atoms with E-state index in [1.807, 2.05) is 18.5 Å². The highest BCUT2D eigenvalue weighted by Crippen LogP contribution is 2.57. The van der Waals surface area contributed by atoms with Crippen LogP contribution in [-0.2, 0) is 46.4 Å². The van der Waals surface area contributed by atoms with Crippen molar-refractivity contribution in [3.8, 4) is 6.07 Å². The van der Waals surface area contributed by atoms with Gasteiger partial charge in [-0.25, -0.2) is 9.46 Å². The smallest absolute Gasteiger partial charge is 0.371 e. The maximum Gasteiger partial charge on any atom is 0.371 e. The quantitative estimate of drug-likeness (QED) is 0.0976. The predicted octanol–water partition coefficient (Wildman–Crippen LogP) is 3.98. The normalized spacial score (nSPS) is 21.1. The van der Waals surface area contributed by atoms with Gasteiger partial charge in [0.05, 0.1) is 51.6 Å². The molecule has 6 atom stereocenters. The predicted molar refractivity (Wildman–Crippen MR) is 173 cm³/mol. The molecule has 1 aliphatic heterocycles. The molecule has 0 radical (unpaired) electrons. The lowest BCUT2D eigenvalue weighted by Crippen LogP contribution is -2.42. The number of hydrogen-bond donors (Lipinski definition) is 1. The molecular formula is C29H50N4O12P2. The Bertz CT molecular complexity index is 1290. The van der Waals surface area contributed by atoms with E-state index in [-0.39, 0.29) is 51.4 Å². The Balaban J connectivity index is 2.74. The average Bonchev–Trinajstić information content (AvgIpc) is 3.34. The first-order valence-corrected chi connectivity index (χ1v) is 18.6. The number of nitrogens with one attached hydrogen (secondary N) is 1. The second-order valence-electron chi connectivity index (χ2n) is 10.5. The zero-order valence-electron chi connectivity index (χ0n) is 28.4. The fraction of sp³-hybridized carbons (Fsp3) is 0.793. The van der Waals surface area contributed by atoms with E-state index in [0.29, 0.717) is 13.1 Å². The Morgan fingerprint density at radius 2 is 1.79 bits per heavy atom. The van der Waals surface area contributed by atoms with Crippen LogP contribution in [0.25, 0.3) is 0 Å². The third-order valence-electron chi connectivity index (χ3n) is 6.83. The van der Waals surface area contributed by atoms with Crippen LogP contribution in [0.1, 0.15) is 72.1 Å². The summed E-state index contributed by atoms with van der Waals surface area (Å²) >= 11 is 0. The molecule has 2 heterocycles. The van der Waals surface area contributed by atoms with Gasteiger partial charge >= 0.3 is 19.3 Å². The number of carbonyl (C=O) groups is 1. The molecule has 1 aromatic heterocycles. The van der Waals surface area contributed by atoms with Crippen LogP contribution in [0.3, 0.4) is 0 Å². The average molecular weight is 709 g/mol. The summed E-state index contributed by atoms with van der Waals surface area (Å²) in [4.78, 5) is 39.9. The molecule has 0 aliphatic carbocycles. The fourth-order valence-corrected chi connectivity index (χ4v) is 8.57. The van der Waals surface area contributed by atoms with Gasteiger partial charge in [-0.2, -0.15) is 5.26 Å². The lowest BCUT2D eigenvalue weighted by atomic mass is 10.1. The minimum Gasteiger partial charge on any atom is -0.449 e. The van der Waals surface area contributed by atoms with Gasteiger partial charge in [-0.05, 0) is 33.6 Å². The van der Waals surface area contributed by atoms with Gasteiger partial charge in [0.15, 0.2) is 6.23 Å². The van der Waals surface area contributed by atoms with Crippen molar-refractivity contribution in [1.29, 1.82) is 5.26 Å². The Morgan fingerprint density at radius 3 is 2.34 bits per heavy atom. The highest BCUT2D eigenvalue weighted by atomic mass is 31.2. The van der Waals surface area contributed by atoms with Crippen LogP contribution in [-0.4, -0.2) is 97.6 Å². The van der Waals surface area contributed by atoms with E-state index in [0.717, 1.165) is 12.8 Å². The van der Waals surface area contributed by atoms with Gasteiger partial charge in [-0.15, -0.1) is 0 Å². The topological polar surface area (TPSA) is 190 Å². The molecule has 1 N–H and O–H groups in total. The minimum absolute atomic E-state index is 0.0128. The van der Waals surface area contributed by atoms with Crippen LogP contribution in [0.5, 0.6) is 0 Å². The van der Waals surface area contributed by atoms with Crippen LogP contribution < -0.4 is 11.2 Å². The first-order valence-electron chi connectivity index (χ1n) is 15.9. The molecule has 47 heavy (non-hydrogen) atoms. The molecule has 2 rings (SSSR count). The first kappa shape index (κ1) is 41.2. The maximum absolute atomic E-state index is 14.0. The SMILES string of the molecule is CCCN(CCC)P(OCCC#N)O[C@H]1[C@@H](OCCOC)[C@H](n2cc(C)c(=O)[nH]c2=O)O[C@@H]1CC(OC(C)=O)P(=O)(OCC)OCC. The van der Waals surface area contributed by atoms with Gasteiger partial charge in [0.2, 0.25) is 5.85 Å². The van der Waals surface area contributed by atoms with E-state index < -0.39 is 63.7 Å². The first-order chi connectivity index (χ1) is 22.5. The molecule has 1 aliphatic rings. The molecule has 1 aromatic rings. The zero-order valence-corrected chi connectivity index (χ0v) is 30.2. The summed E-state index contributed by atoms with van der Waals surface area (Å²) in [6, 6.07) is 2.07. The van der Waals surface area contributed by atoms with Gasteiger partial charge in [0.1, 0.15) is 12.2 Å². The van der Waals surface area contributed by atoms with Gasteiger partial charge < -0.3 is 37.0 Å². The van der Waals surface area contributed by atoms with Crippen molar-refractivity contribution in [1.82, 2.24) is 14.2 Å². The molecule has 0 spiro atoms. The molecule has 0 amide bonds. The van der Waals surface area contributed by atoms with E-state index in [2.05, 4.69) is 11.1 Å². The molecule has 1 saturated heterocycles. The molecule has 0 saturated carbocycles. The lowest BCUT2D eigenvalue weighted by Gasteiger charge is -2.34. The molecule has 2 unspecified atom stereocenters. The number of aromatic amines is 1. The largest absolute Gasteiger partial charge is 0.449 e. The Labute approximate surface area is 277 Å². The standard InChI is InChI=1S/C29H50N4O12P2/c1-8-14-32(15-9-2)46(40-16-12-13-30)45-25-23(19-24(43-22(6)34)47(37,41-10-3)42-11-4)44-28(26(25)39-18-17-38-7)33-20-21(5)27(35)31-29(33)36/h20,23-26,28H,8-12,14-19H2,1-7H3,(H,31,35,36)/t23-,24?,25-,26-,28-,46?/m1/s1. The summed E-state index contributed by atoms with van der Waals surface area (Å²) in [6.45, 7) is 11.7. The van der Waals surface area contributed by atoms with Gasteiger partial charge in [-0.1, -0.05) is 13.8 Å². The Kier molecular flexibility index (Phi) is 18.5. The van der Waals surface area contributed by atoms with E-state index in [1.54, 1.807) is 20.8 Å². The number of nitriles is 1. The van der Waals surface area contributed by atoms with Crippen LogP contribution >= 0.6 is 16.1 Å². The summed E-state index contributed by atoms with van der Waals surface area (Å²) < 4.78 is 64.7. The molecule has 18 heteroatoms. The number of rotatable bonds is 23. The number of H-pyrrole nitrogens is 1. The number of nitrogens with zero attached hydrogens (tertiary/aromatic N) is 3. The Morgan fingerprint density at radius 1 is 1.13 bits per heavy atom. The van der Waals surface area contributed by atoms with Gasteiger partial charge in [-0.3, -0.25) is 23.7 Å².